The van der Waals surface area contributed by atoms with Crippen LogP contribution in [0.4, 0.5) is 0 Å². The molecule has 0 aliphatic heterocycles. The third-order valence-electron chi connectivity index (χ3n) is 3.11. The van der Waals surface area contributed by atoms with E-state index < -0.39 is 11.5 Å². The van der Waals surface area contributed by atoms with Crippen molar-refractivity contribution >= 4 is 18.4 Å². The van der Waals surface area contributed by atoms with Crippen molar-refractivity contribution < 1.29 is 9.90 Å². The Labute approximate surface area is 98.0 Å². The van der Waals surface area contributed by atoms with Crippen molar-refractivity contribution in [3.63, 3.8) is 0 Å². The number of rotatable bonds is 5. The Bertz CT molecular complexity index is 191. The molecule has 0 radical (unpaired) electrons. The molecule has 15 heavy (non-hydrogen) atoms. The lowest BCUT2D eigenvalue weighted by molar-refractivity contribution is -0.146. The van der Waals surface area contributed by atoms with Crippen molar-refractivity contribution in [1.82, 2.24) is 5.32 Å². The third kappa shape index (κ3) is 3.99. The number of carboxylic acids is 1. The Morgan fingerprint density at radius 1 is 1.33 bits per heavy atom. The summed E-state index contributed by atoms with van der Waals surface area (Å²) in [6, 6.07) is 0. The molecule has 0 aromatic heterocycles. The molecule has 1 fully saturated rings. The maximum Gasteiger partial charge on any atom is 0.323 e. The van der Waals surface area contributed by atoms with Gasteiger partial charge in [0.15, 0.2) is 0 Å². The fraction of sp³-hybridized carbons (Fsp3) is 0.909. The molecule has 0 aromatic rings. The lowest BCUT2D eigenvalue weighted by Crippen LogP contribution is -2.53. The van der Waals surface area contributed by atoms with E-state index in [9.17, 15) is 9.90 Å². The second kappa shape index (κ2) is 7.07. The van der Waals surface area contributed by atoms with Gasteiger partial charge in [-0.05, 0) is 25.8 Å². The largest absolute Gasteiger partial charge is 0.480 e. The van der Waals surface area contributed by atoms with Gasteiger partial charge in [0.2, 0.25) is 0 Å². The summed E-state index contributed by atoms with van der Waals surface area (Å²) in [5.41, 5.74) is -0.604. The molecule has 1 aliphatic rings. The van der Waals surface area contributed by atoms with Crippen molar-refractivity contribution in [2.45, 2.75) is 57.4 Å². The van der Waals surface area contributed by atoms with Crippen LogP contribution < -0.4 is 5.32 Å². The van der Waals surface area contributed by atoms with Gasteiger partial charge in [0.1, 0.15) is 5.54 Å². The van der Waals surface area contributed by atoms with E-state index in [1.165, 1.54) is 6.42 Å². The van der Waals surface area contributed by atoms with Crippen LogP contribution >= 0.6 is 12.4 Å². The first-order chi connectivity index (χ1) is 6.71. The van der Waals surface area contributed by atoms with Crippen molar-refractivity contribution in [2.75, 3.05) is 6.54 Å². The number of halogens is 1. The minimum atomic E-state index is -0.659. The average Bonchev–Trinajstić information content (AvgIpc) is 2.19. The van der Waals surface area contributed by atoms with E-state index in [-0.39, 0.29) is 12.4 Å². The Hall–Kier alpha value is -0.280. The zero-order valence-corrected chi connectivity index (χ0v) is 10.2. The van der Waals surface area contributed by atoms with Gasteiger partial charge in [0, 0.05) is 0 Å². The molecular weight excluding hydrogens is 214 g/mol. The number of carboxylic acid groups (broad SMARTS) is 1. The number of aliphatic carboxylic acids is 1. The second-order valence-corrected chi connectivity index (χ2v) is 4.23. The van der Waals surface area contributed by atoms with Crippen LogP contribution in [-0.4, -0.2) is 23.2 Å². The maximum absolute atomic E-state index is 11.2. The van der Waals surface area contributed by atoms with Crippen LogP contribution in [0, 0.1) is 0 Å². The highest BCUT2D eigenvalue weighted by molar-refractivity contribution is 5.85. The van der Waals surface area contributed by atoms with Gasteiger partial charge >= 0.3 is 5.97 Å². The van der Waals surface area contributed by atoms with Gasteiger partial charge in [0.25, 0.3) is 0 Å². The Morgan fingerprint density at radius 2 is 1.93 bits per heavy atom. The first-order valence-electron chi connectivity index (χ1n) is 5.70. The standard InChI is InChI=1S/C11H21NO2.ClH/c1-2-3-9-12-11(10(13)14)7-5-4-6-8-11;/h12H,2-9H2,1H3,(H,13,14);1H. The number of carbonyl (C=O) groups is 1. The summed E-state index contributed by atoms with van der Waals surface area (Å²) in [7, 11) is 0. The van der Waals surface area contributed by atoms with Crippen LogP contribution in [0.15, 0.2) is 0 Å². The van der Waals surface area contributed by atoms with Crippen LogP contribution in [0.1, 0.15) is 51.9 Å². The molecule has 4 heteroatoms. The van der Waals surface area contributed by atoms with Crippen LogP contribution in [-0.2, 0) is 4.79 Å². The number of hydrogen-bond donors (Lipinski definition) is 2. The molecule has 0 saturated heterocycles. The Morgan fingerprint density at radius 3 is 2.40 bits per heavy atom. The molecule has 0 unspecified atom stereocenters. The van der Waals surface area contributed by atoms with Gasteiger partial charge in [-0.2, -0.15) is 0 Å². The predicted octanol–water partition coefficient (Wildman–Crippen LogP) is 2.59. The first kappa shape index (κ1) is 14.7. The average molecular weight is 236 g/mol. The van der Waals surface area contributed by atoms with Gasteiger partial charge < -0.3 is 10.4 Å². The fourth-order valence-electron chi connectivity index (χ4n) is 2.13. The van der Waals surface area contributed by atoms with Gasteiger partial charge in [-0.15, -0.1) is 12.4 Å². The molecule has 0 spiro atoms. The zero-order chi connectivity index (χ0) is 10.4. The smallest absolute Gasteiger partial charge is 0.323 e. The molecular formula is C11H22ClNO2. The summed E-state index contributed by atoms with van der Waals surface area (Å²) < 4.78 is 0. The first-order valence-corrected chi connectivity index (χ1v) is 5.70. The van der Waals surface area contributed by atoms with Crippen molar-refractivity contribution in [3.05, 3.63) is 0 Å². The summed E-state index contributed by atoms with van der Waals surface area (Å²) in [5.74, 6) is -0.659. The molecule has 0 amide bonds. The molecule has 0 atom stereocenters. The number of unbranched alkanes of at least 4 members (excludes halogenated alkanes) is 1. The third-order valence-corrected chi connectivity index (χ3v) is 3.11. The summed E-state index contributed by atoms with van der Waals surface area (Å²) >= 11 is 0. The van der Waals surface area contributed by atoms with E-state index in [1.54, 1.807) is 0 Å². The molecule has 2 N–H and O–H groups in total. The number of hydrogen-bond acceptors (Lipinski definition) is 2. The van der Waals surface area contributed by atoms with E-state index >= 15 is 0 Å². The highest BCUT2D eigenvalue weighted by Gasteiger charge is 2.38. The van der Waals surface area contributed by atoms with Gasteiger partial charge in [-0.3, -0.25) is 4.79 Å². The quantitative estimate of drug-likeness (QED) is 0.721. The van der Waals surface area contributed by atoms with Crippen LogP contribution in [0.5, 0.6) is 0 Å². The molecule has 1 rings (SSSR count). The minimum absolute atomic E-state index is 0. The molecule has 0 bridgehead atoms. The summed E-state index contributed by atoms with van der Waals surface area (Å²) in [6.45, 7) is 2.96. The van der Waals surface area contributed by atoms with Gasteiger partial charge in [-0.1, -0.05) is 32.6 Å². The second-order valence-electron chi connectivity index (χ2n) is 4.23. The summed E-state index contributed by atoms with van der Waals surface area (Å²) in [4.78, 5) is 11.2. The SMILES string of the molecule is CCCCNC1(C(=O)O)CCCCC1.Cl. The molecule has 90 valence electrons. The van der Waals surface area contributed by atoms with E-state index in [0.717, 1.165) is 45.1 Å². The maximum atomic E-state index is 11.2. The summed E-state index contributed by atoms with van der Waals surface area (Å²) in [5, 5.41) is 12.5. The van der Waals surface area contributed by atoms with E-state index in [4.69, 9.17) is 0 Å². The zero-order valence-electron chi connectivity index (χ0n) is 9.42. The molecule has 1 aliphatic carbocycles. The highest BCUT2D eigenvalue weighted by atomic mass is 35.5. The van der Waals surface area contributed by atoms with E-state index in [2.05, 4.69) is 12.2 Å². The summed E-state index contributed by atoms with van der Waals surface area (Å²) in [6.07, 6.45) is 7.05. The number of nitrogens with one attached hydrogen (secondary N) is 1. The lowest BCUT2D eigenvalue weighted by atomic mass is 9.81. The molecule has 3 nitrogen and oxygen atoms in total. The molecule has 0 heterocycles. The van der Waals surface area contributed by atoms with Crippen molar-refractivity contribution in [1.29, 1.82) is 0 Å². The molecule has 0 aromatic carbocycles. The normalized spacial score (nSPS) is 19.3. The van der Waals surface area contributed by atoms with E-state index in [1.807, 2.05) is 0 Å². The van der Waals surface area contributed by atoms with E-state index in [0.29, 0.717) is 0 Å². The molecule has 1 saturated carbocycles. The van der Waals surface area contributed by atoms with Crippen LogP contribution in [0.2, 0.25) is 0 Å². The monoisotopic (exact) mass is 235 g/mol. The highest BCUT2D eigenvalue weighted by Crippen LogP contribution is 2.28. The Kier molecular flexibility index (Phi) is 6.94. The van der Waals surface area contributed by atoms with Crippen LogP contribution in [0.3, 0.4) is 0 Å². The minimum Gasteiger partial charge on any atom is -0.480 e. The lowest BCUT2D eigenvalue weighted by Gasteiger charge is -2.34. The van der Waals surface area contributed by atoms with Crippen molar-refractivity contribution in [3.8, 4) is 0 Å². The predicted molar refractivity (Wildman–Crippen MR) is 63.6 cm³/mol. The Balaban J connectivity index is 0.00000196. The fourth-order valence-corrected chi connectivity index (χ4v) is 2.13. The van der Waals surface area contributed by atoms with Gasteiger partial charge in [0.05, 0.1) is 0 Å². The van der Waals surface area contributed by atoms with Crippen LogP contribution in [0.25, 0.3) is 0 Å². The topological polar surface area (TPSA) is 49.3 Å². The van der Waals surface area contributed by atoms with Gasteiger partial charge in [-0.25, -0.2) is 0 Å². The van der Waals surface area contributed by atoms with Crippen molar-refractivity contribution in [2.24, 2.45) is 0 Å².